The van der Waals surface area contributed by atoms with Crippen molar-refractivity contribution in [1.29, 1.82) is 0 Å². The third kappa shape index (κ3) is 4.02. The first-order chi connectivity index (χ1) is 10.9. The lowest BCUT2D eigenvalue weighted by Gasteiger charge is -2.13. The second-order valence-corrected chi connectivity index (χ2v) is 5.07. The highest BCUT2D eigenvalue weighted by Crippen LogP contribution is 2.24. The Bertz CT molecular complexity index is 633. The van der Waals surface area contributed by atoms with Crippen molar-refractivity contribution in [2.24, 2.45) is 5.73 Å². The molecule has 1 fully saturated rings. The average molecular weight is 323 g/mol. The van der Waals surface area contributed by atoms with Gasteiger partial charge in [0.1, 0.15) is 6.10 Å². The third-order valence-electron chi connectivity index (χ3n) is 3.48. The molecule has 0 unspecified atom stereocenters. The van der Waals surface area contributed by atoms with Gasteiger partial charge in [-0.15, -0.1) is 0 Å². The molecule has 0 radical (unpaired) electrons. The first-order valence-electron chi connectivity index (χ1n) is 6.98. The molecule has 0 bridgehead atoms. The van der Waals surface area contributed by atoms with Crippen LogP contribution in [-0.4, -0.2) is 42.7 Å². The highest BCUT2D eigenvalue weighted by Gasteiger charge is 2.30. The van der Waals surface area contributed by atoms with E-state index in [1.807, 2.05) is 0 Å². The normalized spacial score (nSPS) is 20.1. The summed E-state index contributed by atoms with van der Waals surface area (Å²) >= 11 is 0. The Labute approximate surface area is 131 Å². The summed E-state index contributed by atoms with van der Waals surface area (Å²) in [6.07, 6.45) is 0.370. The van der Waals surface area contributed by atoms with Gasteiger partial charge in [-0.2, -0.15) is 0 Å². The molecule has 0 spiro atoms. The Hall–Kier alpha value is -2.52. The maximum Gasteiger partial charge on any atom is 0.338 e. The van der Waals surface area contributed by atoms with E-state index in [-0.39, 0.29) is 23.0 Å². The predicted molar refractivity (Wildman–Crippen MR) is 80.0 cm³/mol. The molecular weight excluding hydrogens is 306 g/mol. The van der Waals surface area contributed by atoms with Crippen LogP contribution in [0.3, 0.4) is 0 Å². The zero-order chi connectivity index (χ0) is 17.0. The summed E-state index contributed by atoms with van der Waals surface area (Å²) in [5.41, 5.74) is 5.27. The molecule has 0 aromatic heterocycles. The first kappa shape index (κ1) is 16.8. The lowest BCUT2D eigenvalue weighted by atomic mass is 10.1. The fourth-order valence-electron chi connectivity index (χ4n) is 2.32. The molecule has 3 N–H and O–H groups in total. The summed E-state index contributed by atoms with van der Waals surface area (Å²) < 4.78 is 10.0. The van der Waals surface area contributed by atoms with Gasteiger partial charge in [0.15, 0.2) is 0 Å². The third-order valence-corrected chi connectivity index (χ3v) is 3.48. The number of anilines is 1. The number of non-ortho nitro benzene ring substituents is 1. The van der Waals surface area contributed by atoms with Gasteiger partial charge in [-0.1, -0.05) is 0 Å². The number of nitrogens with two attached hydrogens (primary N) is 1. The molecule has 9 nitrogen and oxygen atoms in total. The molecule has 9 heteroatoms. The number of ether oxygens (including phenoxy) is 2. The Morgan fingerprint density at radius 2 is 2.17 bits per heavy atom. The van der Waals surface area contributed by atoms with Crippen LogP contribution in [0.1, 0.15) is 23.2 Å². The molecule has 1 aromatic carbocycles. The number of carbonyl (C=O) groups is 2. The van der Waals surface area contributed by atoms with Gasteiger partial charge in [0.25, 0.3) is 11.6 Å². The van der Waals surface area contributed by atoms with E-state index in [1.54, 1.807) is 0 Å². The number of nitrogens with one attached hydrogen (secondary N) is 1. The summed E-state index contributed by atoms with van der Waals surface area (Å²) in [6, 6.07) is 3.56. The monoisotopic (exact) mass is 323 g/mol. The second-order valence-electron chi connectivity index (χ2n) is 5.07. The second kappa shape index (κ2) is 7.16. The van der Waals surface area contributed by atoms with E-state index in [2.05, 4.69) is 10.1 Å². The van der Waals surface area contributed by atoms with Gasteiger partial charge in [-0.25, -0.2) is 4.79 Å². The Morgan fingerprint density at radius 1 is 1.43 bits per heavy atom. The number of methoxy groups -OCH3 is 1. The van der Waals surface area contributed by atoms with Crippen molar-refractivity contribution in [3.05, 3.63) is 33.9 Å². The van der Waals surface area contributed by atoms with Crippen LogP contribution in [0, 0.1) is 10.1 Å². The maximum atomic E-state index is 12.1. The molecule has 1 saturated heterocycles. The van der Waals surface area contributed by atoms with E-state index >= 15 is 0 Å². The van der Waals surface area contributed by atoms with Gasteiger partial charge in [0.05, 0.1) is 23.7 Å². The number of nitro benzene ring substituents is 1. The molecule has 2 atom stereocenters. The summed E-state index contributed by atoms with van der Waals surface area (Å²) in [5.74, 6) is -1.17. The summed E-state index contributed by atoms with van der Waals surface area (Å²) in [4.78, 5) is 34.0. The number of nitro groups is 1. The number of carbonyl (C=O) groups excluding carboxylic acids is 2. The van der Waals surface area contributed by atoms with E-state index in [4.69, 9.17) is 10.5 Å². The smallest absolute Gasteiger partial charge is 0.338 e. The van der Waals surface area contributed by atoms with Gasteiger partial charge < -0.3 is 20.5 Å². The predicted octanol–water partition coefficient (Wildman–Crippen LogP) is 0.826. The molecule has 1 aromatic rings. The maximum absolute atomic E-state index is 12.1. The number of benzene rings is 1. The minimum Gasteiger partial charge on any atom is -0.465 e. The molecular formula is C14H17N3O6. The SMILES string of the molecule is COC(=O)c1cc(NC(=O)[C@@H]2CC[C@H](CN)O2)cc([N+](=O)[O-])c1. The van der Waals surface area contributed by atoms with Gasteiger partial charge in [-0.3, -0.25) is 14.9 Å². The largest absolute Gasteiger partial charge is 0.465 e. The van der Waals surface area contributed by atoms with E-state index in [0.29, 0.717) is 19.4 Å². The van der Waals surface area contributed by atoms with Crippen LogP contribution in [0.15, 0.2) is 18.2 Å². The standard InChI is InChI=1S/C14H17N3O6/c1-22-14(19)8-4-9(6-10(5-8)17(20)21)16-13(18)12-3-2-11(7-15)23-12/h4-6,11-12H,2-3,7,15H2,1H3,(H,16,18)/t11-,12+/m1/s1. The van der Waals surface area contributed by atoms with Gasteiger partial charge >= 0.3 is 5.97 Å². The van der Waals surface area contributed by atoms with Crippen LogP contribution in [-0.2, 0) is 14.3 Å². The number of esters is 1. The van der Waals surface area contributed by atoms with Crippen LogP contribution >= 0.6 is 0 Å². The Morgan fingerprint density at radius 3 is 2.74 bits per heavy atom. The minimum atomic E-state index is -0.732. The summed E-state index contributed by atoms with van der Waals surface area (Å²) in [6.45, 7) is 0.326. The number of rotatable bonds is 5. The quantitative estimate of drug-likeness (QED) is 0.465. The molecule has 1 aliphatic rings. The van der Waals surface area contributed by atoms with Crippen molar-refractivity contribution in [3.63, 3.8) is 0 Å². The van der Waals surface area contributed by atoms with E-state index in [0.717, 1.165) is 6.07 Å². The zero-order valence-corrected chi connectivity index (χ0v) is 12.5. The molecule has 1 amide bonds. The minimum absolute atomic E-state index is 0.0239. The van der Waals surface area contributed by atoms with Gasteiger partial charge in [0.2, 0.25) is 0 Å². The van der Waals surface area contributed by atoms with Crippen molar-refractivity contribution in [3.8, 4) is 0 Å². The van der Waals surface area contributed by atoms with E-state index in [1.165, 1.54) is 19.2 Å². The molecule has 0 saturated carbocycles. The number of amides is 1. The fraction of sp³-hybridized carbons (Fsp3) is 0.429. The zero-order valence-electron chi connectivity index (χ0n) is 12.5. The van der Waals surface area contributed by atoms with Crippen molar-refractivity contribution in [1.82, 2.24) is 0 Å². The van der Waals surface area contributed by atoms with Crippen LogP contribution in [0.5, 0.6) is 0 Å². The molecule has 1 heterocycles. The number of nitrogens with zero attached hydrogens (tertiary/aromatic N) is 1. The lowest BCUT2D eigenvalue weighted by Crippen LogP contribution is -2.29. The van der Waals surface area contributed by atoms with Gasteiger partial charge in [0, 0.05) is 24.4 Å². The summed E-state index contributed by atoms with van der Waals surface area (Å²) in [5, 5.41) is 13.5. The van der Waals surface area contributed by atoms with Crippen molar-refractivity contribution in [2.45, 2.75) is 25.0 Å². The van der Waals surface area contributed by atoms with Crippen molar-refractivity contribution < 1.29 is 24.0 Å². The molecule has 2 rings (SSSR count). The van der Waals surface area contributed by atoms with Crippen LogP contribution < -0.4 is 11.1 Å². The number of hydrogen-bond acceptors (Lipinski definition) is 7. The first-order valence-corrected chi connectivity index (χ1v) is 6.98. The summed E-state index contributed by atoms with van der Waals surface area (Å²) in [7, 11) is 1.17. The topological polar surface area (TPSA) is 134 Å². The average Bonchev–Trinajstić information content (AvgIpc) is 3.02. The molecule has 124 valence electrons. The molecule has 1 aliphatic heterocycles. The van der Waals surface area contributed by atoms with E-state index < -0.39 is 22.9 Å². The Balaban J connectivity index is 2.18. The fourth-order valence-corrected chi connectivity index (χ4v) is 2.32. The van der Waals surface area contributed by atoms with Crippen molar-refractivity contribution in [2.75, 3.05) is 19.0 Å². The van der Waals surface area contributed by atoms with Gasteiger partial charge in [-0.05, 0) is 18.9 Å². The van der Waals surface area contributed by atoms with Crippen molar-refractivity contribution >= 4 is 23.3 Å². The van der Waals surface area contributed by atoms with Crippen LogP contribution in [0.4, 0.5) is 11.4 Å². The van der Waals surface area contributed by atoms with Crippen LogP contribution in [0.25, 0.3) is 0 Å². The lowest BCUT2D eigenvalue weighted by molar-refractivity contribution is -0.384. The van der Waals surface area contributed by atoms with E-state index in [9.17, 15) is 19.7 Å². The highest BCUT2D eigenvalue weighted by molar-refractivity contribution is 5.97. The van der Waals surface area contributed by atoms with Crippen LogP contribution in [0.2, 0.25) is 0 Å². The Kier molecular flexibility index (Phi) is 5.24. The number of hydrogen-bond donors (Lipinski definition) is 2. The highest BCUT2D eigenvalue weighted by atomic mass is 16.6. The molecule has 23 heavy (non-hydrogen) atoms. The molecule has 0 aliphatic carbocycles.